The number of aromatic nitrogens is 2. The molecule has 6 nitrogen and oxygen atoms in total. The van der Waals surface area contributed by atoms with Crippen molar-refractivity contribution < 1.29 is 9.59 Å². The number of ketones is 1. The zero-order chi connectivity index (χ0) is 22.7. The average Bonchev–Trinajstić information content (AvgIpc) is 2.77. The standard InChI is InChI=1S/C24H28N4O2S2/c1-15-8-16(2)13-28(12-15)24(31)32-14-22(30)27-23-25-11-19-20(26-23)9-18(10-21(19)29)17-6-4-3-5-7-17/h3-7,11,15-16,18H,8-10,12-14H2,1-2H3,(H,25,26,27,30). The van der Waals surface area contributed by atoms with Crippen LogP contribution in [0, 0.1) is 11.8 Å². The van der Waals surface area contributed by atoms with Crippen LogP contribution in [0.2, 0.25) is 0 Å². The quantitative estimate of drug-likeness (QED) is 0.670. The number of benzene rings is 1. The molecule has 1 aliphatic carbocycles. The Morgan fingerprint density at radius 1 is 1.19 bits per heavy atom. The van der Waals surface area contributed by atoms with Crippen molar-refractivity contribution >= 4 is 45.9 Å². The summed E-state index contributed by atoms with van der Waals surface area (Å²) in [6.07, 6.45) is 3.86. The van der Waals surface area contributed by atoms with E-state index in [2.05, 4.69) is 34.0 Å². The van der Waals surface area contributed by atoms with Crippen LogP contribution in [0.5, 0.6) is 0 Å². The monoisotopic (exact) mass is 468 g/mol. The lowest BCUT2D eigenvalue weighted by Crippen LogP contribution is -2.41. The van der Waals surface area contributed by atoms with Gasteiger partial charge in [-0.3, -0.25) is 14.9 Å². The third kappa shape index (κ3) is 5.53. The fraction of sp³-hybridized carbons (Fsp3) is 0.458. The number of Topliss-reactive ketones (excluding diaryl/α,β-unsaturated/α-hetero) is 1. The van der Waals surface area contributed by atoms with E-state index in [0.717, 1.165) is 23.0 Å². The van der Waals surface area contributed by atoms with Gasteiger partial charge in [-0.05, 0) is 36.2 Å². The summed E-state index contributed by atoms with van der Waals surface area (Å²) in [7, 11) is 0. The van der Waals surface area contributed by atoms with Gasteiger partial charge >= 0.3 is 0 Å². The molecular weight excluding hydrogens is 440 g/mol. The predicted octanol–water partition coefficient (Wildman–Crippen LogP) is 4.32. The predicted molar refractivity (Wildman–Crippen MR) is 132 cm³/mol. The number of thiocarbonyl (C=S) groups is 1. The Balaban J connectivity index is 1.35. The van der Waals surface area contributed by atoms with Gasteiger partial charge in [0.1, 0.15) is 4.32 Å². The minimum absolute atomic E-state index is 0.0453. The molecule has 1 fully saturated rings. The smallest absolute Gasteiger partial charge is 0.237 e. The number of hydrogen-bond acceptors (Lipinski definition) is 6. The van der Waals surface area contributed by atoms with Crippen LogP contribution in [-0.4, -0.2) is 49.7 Å². The van der Waals surface area contributed by atoms with Crippen molar-refractivity contribution in [3.63, 3.8) is 0 Å². The maximum Gasteiger partial charge on any atom is 0.237 e. The molecule has 1 aliphatic heterocycles. The first-order valence-electron chi connectivity index (χ1n) is 11.0. The number of piperidine rings is 1. The topological polar surface area (TPSA) is 75.2 Å². The number of likely N-dealkylation sites (tertiary alicyclic amines) is 1. The summed E-state index contributed by atoms with van der Waals surface area (Å²) in [4.78, 5) is 36.0. The number of amides is 1. The summed E-state index contributed by atoms with van der Waals surface area (Å²) in [6.45, 7) is 6.37. The van der Waals surface area contributed by atoms with E-state index in [1.54, 1.807) is 0 Å². The number of carbonyl (C=O) groups excluding carboxylic acids is 2. The molecule has 2 heterocycles. The average molecular weight is 469 g/mol. The van der Waals surface area contributed by atoms with Crippen molar-refractivity contribution in [2.24, 2.45) is 11.8 Å². The maximum absolute atomic E-state index is 12.6. The summed E-state index contributed by atoms with van der Waals surface area (Å²) in [6, 6.07) is 10.0. The van der Waals surface area contributed by atoms with Gasteiger partial charge < -0.3 is 4.90 Å². The molecule has 1 saturated heterocycles. The molecule has 1 N–H and O–H groups in total. The zero-order valence-electron chi connectivity index (χ0n) is 18.4. The third-order valence-corrected chi connectivity index (χ3v) is 7.54. The SMILES string of the molecule is CC1CC(C)CN(C(=S)SCC(=O)Nc2ncc3c(n2)CC(c2ccccc2)CC3=O)C1. The van der Waals surface area contributed by atoms with E-state index in [4.69, 9.17) is 12.2 Å². The van der Waals surface area contributed by atoms with E-state index in [0.29, 0.717) is 35.9 Å². The molecule has 3 unspecified atom stereocenters. The van der Waals surface area contributed by atoms with Crippen LogP contribution in [0.4, 0.5) is 5.95 Å². The zero-order valence-corrected chi connectivity index (χ0v) is 20.0. The van der Waals surface area contributed by atoms with Crippen molar-refractivity contribution in [3.8, 4) is 0 Å². The van der Waals surface area contributed by atoms with Crippen LogP contribution < -0.4 is 5.32 Å². The second-order valence-electron chi connectivity index (χ2n) is 8.95. The minimum atomic E-state index is -0.197. The van der Waals surface area contributed by atoms with Gasteiger partial charge in [0.05, 0.1) is 17.0 Å². The van der Waals surface area contributed by atoms with E-state index >= 15 is 0 Å². The normalized spacial score (nSPS) is 22.9. The molecule has 32 heavy (non-hydrogen) atoms. The number of rotatable bonds is 4. The molecule has 0 bridgehead atoms. The molecule has 2 aliphatic rings. The van der Waals surface area contributed by atoms with E-state index in [1.165, 1.54) is 24.4 Å². The number of hydrogen-bond donors (Lipinski definition) is 1. The summed E-state index contributed by atoms with van der Waals surface area (Å²) in [5.74, 6) is 1.61. The van der Waals surface area contributed by atoms with Crippen molar-refractivity contribution in [2.75, 3.05) is 24.2 Å². The van der Waals surface area contributed by atoms with E-state index in [1.807, 2.05) is 30.3 Å². The van der Waals surface area contributed by atoms with Crippen molar-refractivity contribution in [1.82, 2.24) is 14.9 Å². The molecule has 0 saturated carbocycles. The van der Waals surface area contributed by atoms with Gasteiger partial charge in [-0.1, -0.05) is 68.2 Å². The maximum atomic E-state index is 12.6. The van der Waals surface area contributed by atoms with Crippen LogP contribution in [0.15, 0.2) is 36.5 Å². The Morgan fingerprint density at radius 2 is 1.91 bits per heavy atom. The van der Waals surface area contributed by atoms with E-state index < -0.39 is 0 Å². The fourth-order valence-corrected chi connectivity index (χ4v) is 5.64. The molecule has 168 valence electrons. The van der Waals surface area contributed by atoms with Gasteiger partial charge in [0.2, 0.25) is 11.9 Å². The fourth-order valence-electron chi connectivity index (χ4n) is 4.66. The Kier molecular flexibility index (Phi) is 7.20. The van der Waals surface area contributed by atoms with Crippen LogP contribution in [0.3, 0.4) is 0 Å². The highest BCUT2D eigenvalue weighted by Crippen LogP contribution is 2.32. The number of nitrogens with zero attached hydrogens (tertiary/aromatic N) is 3. The lowest BCUT2D eigenvalue weighted by atomic mass is 9.82. The first-order valence-corrected chi connectivity index (χ1v) is 12.4. The number of nitrogens with one attached hydrogen (secondary N) is 1. The highest BCUT2D eigenvalue weighted by molar-refractivity contribution is 8.23. The molecule has 1 aromatic heterocycles. The Bertz CT molecular complexity index is 1000. The minimum Gasteiger partial charge on any atom is -0.357 e. The van der Waals surface area contributed by atoms with Crippen LogP contribution in [0.1, 0.15) is 54.2 Å². The molecule has 0 spiro atoms. The number of thioether (sulfide) groups is 1. The number of carbonyl (C=O) groups is 2. The lowest BCUT2D eigenvalue weighted by Gasteiger charge is -2.36. The molecule has 0 radical (unpaired) electrons. The van der Waals surface area contributed by atoms with Gasteiger partial charge in [-0.25, -0.2) is 9.97 Å². The highest BCUT2D eigenvalue weighted by atomic mass is 32.2. The highest BCUT2D eigenvalue weighted by Gasteiger charge is 2.28. The molecular formula is C24H28N4O2S2. The van der Waals surface area contributed by atoms with Crippen LogP contribution in [0.25, 0.3) is 0 Å². The Morgan fingerprint density at radius 3 is 2.62 bits per heavy atom. The molecule has 3 atom stereocenters. The van der Waals surface area contributed by atoms with Crippen LogP contribution in [-0.2, 0) is 11.2 Å². The van der Waals surface area contributed by atoms with Gasteiger partial charge in [0.25, 0.3) is 0 Å². The number of anilines is 1. The third-order valence-electron chi connectivity index (χ3n) is 6.02. The van der Waals surface area contributed by atoms with E-state index in [-0.39, 0.29) is 29.3 Å². The summed E-state index contributed by atoms with van der Waals surface area (Å²) >= 11 is 6.93. The van der Waals surface area contributed by atoms with Gasteiger partial charge in [0.15, 0.2) is 5.78 Å². The Hall–Kier alpha value is -2.32. The first-order chi connectivity index (χ1) is 15.4. The van der Waals surface area contributed by atoms with Gasteiger partial charge in [-0.2, -0.15) is 0 Å². The molecule has 1 aromatic carbocycles. The second kappa shape index (κ2) is 10.1. The summed E-state index contributed by atoms with van der Waals surface area (Å²) < 4.78 is 0.765. The largest absolute Gasteiger partial charge is 0.357 e. The van der Waals surface area contributed by atoms with Gasteiger partial charge in [-0.15, -0.1) is 0 Å². The van der Waals surface area contributed by atoms with Crippen molar-refractivity contribution in [2.45, 2.75) is 39.0 Å². The molecule has 8 heteroatoms. The van der Waals surface area contributed by atoms with Gasteiger partial charge in [0, 0.05) is 25.7 Å². The first kappa shape index (κ1) is 22.9. The lowest BCUT2D eigenvalue weighted by molar-refractivity contribution is -0.113. The molecule has 2 aromatic rings. The van der Waals surface area contributed by atoms with Crippen LogP contribution >= 0.6 is 24.0 Å². The van der Waals surface area contributed by atoms with Crippen molar-refractivity contribution in [3.05, 3.63) is 53.3 Å². The summed E-state index contributed by atoms with van der Waals surface area (Å²) in [5, 5.41) is 2.77. The second-order valence-corrected chi connectivity index (χ2v) is 10.6. The Labute approximate surface area is 198 Å². The summed E-state index contributed by atoms with van der Waals surface area (Å²) in [5.41, 5.74) is 2.38. The van der Waals surface area contributed by atoms with Crippen molar-refractivity contribution in [1.29, 1.82) is 0 Å². The van der Waals surface area contributed by atoms with E-state index in [9.17, 15) is 9.59 Å². The molecule has 1 amide bonds. The molecule has 4 rings (SSSR count). The number of fused-ring (bicyclic) bond motifs is 1.